The van der Waals surface area contributed by atoms with Gasteiger partial charge in [0.1, 0.15) is 0 Å². The van der Waals surface area contributed by atoms with E-state index in [1.54, 1.807) is 0 Å². The lowest BCUT2D eigenvalue weighted by atomic mass is 10.0. The van der Waals surface area contributed by atoms with Crippen LogP contribution in [-0.2, 0) is 6.54 Å². The van der Waals surface area contributed by atoms with Crippen molar-refractivity contribution in [2.75, 3.05) is 5.73 Å². The topological polar surface area (TPSA) is 43.8 Å². The summed E-state index contributed by atoms with van der Waals surface area (Å²) in [5.41, 5.74) is 10.9. The second kappa shape index (κ2) is 13.0. The predicted molar refractivity (Wildman–Crippen MR) is 134 cm³/mol. The zero-order chi connectivity index (χ0) is 21.7. The molecule has 0 spiro atoms. The van der Waals surface area contributed by atoms with Crippen LogP contribution in [-0.4, -0.2) is 9.55 Å². The lowest BCUT2D eigenvalue weighted by Crippen LogP contribution is -2.05. The van der Waals surface area contributed by atoms with Crippen LogP contribution in [0.15, 0.2) is 60.8 Å². The Balaban J connectivity index is 1.43. The van der Waals surface area contributed by atoms with Crippen molar-refractivity contribution in [3.63, 3.8) is 0 Å². The van der Waals surface area contributed by atoms with E-state index in [0.717, 1.165) is 18.7 Å². The molecule has 0 aliphatic heterocycles. The molecule has 2 aromatic carbocycles. The highest BCUT2D eigenvalue weighted by atomic mass is 15.1. The maximum Gasteiger partial charge on any atom is 0.200 e. The smallest absolute Gasteiger partial charge is 0.200 e. The number of rotatable bonds is 14. The Kier molecular flexibility index (Phi) is 9.69. The second-order valence-electron chi connectivity index (χ2n) is 8.63. The number of nitrogens with zero attached hydrogens (tertiary/aromatic N) is 2. The van der Waals surface area contributed by atoms with E-state index in [1.807, 2.05) is 12.3 Å². The van der Waals surface area contributed by atoms with Crippen molar-refractivity contribution in [2.24, 2.45) is 0 Å². The van der Waals surface area contributed by atoms with Crippen LogP contribution in [0.5, 0.6) is 0 Å². The zero-order valence-corrected chi connectivity index (χ0v) is 19.2. The number of hydrogen-bond acceptors (Lipinski definition) is 2. The van der Waals surface area contributed by atoms with Gasteiger partial charge in [-0.15, -0.1) is 0 Å². The Morgan fingerprint density at radius 2 is 1.16 bits per heavy atom. The van der Waals surface area contributed by atoms with Gasteiger partial charge in [0.15, 0.2) is 0 Å². The van der Waals surface area contributed by atoms with Crippen molar-refractivity contribution >= 4 is 5.95 Å². The monoisotopic (exact) mass is 417 g/mol. The first-order valence-electron chi connectivity index (χ1n) is 12.3. The first-order valence-corrected chi connectivity index (χ1v) is 12.3. The molecule has 0 saturated carbocycles. The van der Waals surface area contributed by atoms with E-state index in [-0.39, 0.29) is 0 Å². The third-order valence-electron chi connectivity index (χ3n) is 6.16. The molecule has 3 aromatic rings. The van der Waals surface area contributed by atoms with Crippen LogP contribution in [0, 0.1) is 0 Å². The maximum absolute atomic E-state index is 6.18. The van der Waals surface area contributed by atoms with Gasteiger partial charge in [-0.2, -0.15) is 0 Å². The van der Waals surface area contributed by atoms with Crippen molar-refractivity contribution in [2.45, 2.75) is 84.1 Å². The van der Waals surface area contributed by atoms with Gasteiger partial charge in [-0.05, 0) is 23.1 Å². The Hall–Kier alpha value is -2.55. The predicted octanol–water partition coefficient (Wildman–Crippen LogP) is 8.11. The molecule has 0 aliphatic carbocycles. The van der Waals surface area contributed by atoms with Crippen molar-refractivity contribution in [1.82, 2.24) is 9.55 Å². The van der Waals surface area contributed by atoms with Crippen LogP contribution in [0.25, 0.3) is 22.4 Å². The van der Waals surface area contributed by atoms with Crippen LogP contribution >= 0.6 is 0 Å². The van der Waals surface area contributed by atoms with E-state index in [4.69, 9.17) is 5.73 Å². The average Bonchev–Trinajstić information content (AvgIpc) is 3.18. The van der Waals surface area contributed by atoms with Crippen LogP contribution < -0.4 is 5.73 Å². The molecule has 0 aliphatic rings. The summed E-state index contributed by atoms with van der Waals surface area (Å²) in [5.74, 6) is 0.620. The second-order valence-corrected chi connectivity index (χ2v) is 8.63. The molecule has 1 heterocycles. The van der Waals surface area contributed by atoms with Gasteiger partial charge in [0.05, 0.1) is 11.9 Å². The Labute approximate surface area is 188 Å². The fourth-order valence-electron chi connectivity index (χ4n) is 4.25. The van der Waals surface area contributed by atoms with E-state index < -0.39 is 0 Å². The lowest BCUT2D eigenvalue weighted by molar-refractivity contribution is 0.534. The molecule has 1 aromatic heterocycles. The fraction of sp³-hybridized carbons (Fsp3) is 0.464. The molecule has 0 atom stereocenters. The van der Waals surface area contributed by atoms with Crippen LogP contribution in [0.1, 0.15) is 77.6 Å². The summed E-state index contributed by atoms with van der Waals surface area (Å²) < 4.78 is 2.17. The fourth-order valence-corrected chi connectivity index (χ4v) is 4.25. The number of hydrogen-bond donors (Lipinski definition) is 1. The minimum Gasteiger partial charge on any atom is -0.369 e. The van der Waals surface area contributed by atoms with Crippen molar-refractivity contribution in [3.05, 3.63) is 60.8 Å². The number of nitrogen functional groups attached to an aromatic ring is 1. The van der Waals surface area contributed by atoms with E-state index in [1.165, 1.54) is 80.9 Å². The van der Waals surface area contributed by atoms with E-state index in [0.29, 0.717) is 5.95 Å². The number of unbranched alkanes of at least 4 members (excludes halogenated alkanes) is 10. The Morgan fingerprint density at radius 1 is 0.645 bits per heavy atom. The quantitative estimate of drug-likeness (QED) is 0.269. The third kappa shape index (κ3) is 7.27. The van der Waals surface area contributed by atoms with Gasteiger partial charge in [0.2, 0.25) is 5.95 Å². The number of aromatic nitrogens is 2. The molecule has 31 heavy (non-hydrogen) atoms. The molecular weight excluding hydrogens is 378 g/mol. The summed E-state index contributed by atoms with van der Waals surface area (Å²) in [5, 5.41) is 0. The van der Waals surface area contributed by atoms with Gasteiger partial charge in [0.25, 0.3) is 0 Å². The minimum atomic E-state index is 0.620. The molecule has 0 radical (unpaired) electrons. The van der Waals surface area contributed by atoms with Gasteiger partial charge in [0, 0.05) is 6.54 Å². The van der Waals surface area contributed by atoms with E-state index in [9.17, 15) is 0 Å². The summed E-state index contributed by atoms with van der Waals surface area (Å²) in [6, 6.07) is 19.2. The number of benzene rings is 2. The molecule has 0 saturated heterocycles. The maximum atomic E-state index is 6.18. The van der Waals surface area contributed by atoms with Gasteiger partial charge < -0.3 is 10.3 Å². The van der Waals surface area contributed by atoms with Gasteiger partial charge in [-0.1, -0.05) is 126 Å². The summed E-state index contributed by atoms with van der Waals surface area (Å²) >= 11 is 0. The summed E-state index contributed by atoms with van der Waals surface area (Å²) in [4.78, 5) is 4.38. The molecule has 166 valence electrons. The first-order chi connectivity index (χ1) is 15.3. The normalized spacial score (nSPS) is 11.1. The largest absolute Gasteiger partial charge is 0.369 e. The molecule has 0 unspecified atom stereocenters. The zero-order valence-electron chi connectivity index (χ0n) is 19.2. The first kappa shape index (κ1) is 23.1. The van der Waals surface area contributed by atoms with Crippen LogP contribution in [0.4, 0.5) is 5.95 Å². The molecule has 0 amide bonds. The van der Waals surface area contributed by atoms with Gasteiger partial charge in [-0.25, -0.2) is 4.98 Å². The molecule has 3 rings (SSSR count). The van der Waals surface area contributed by atoms with E-state index >= 15 is 0 Å². The Morgan fingerprint density at radius 3 is 1.77 bits per heavy atom. The molecule has 0 bridgehead atoms. The summed E-state index contributed by atoms with van der Waals surface area (Å²) in [7, 11) is 0. The number of nitrogens with two attached hydrogens (primary N) is 1. The Bertz CT molecular complexity index is 865. The highest BCUT2D eigenvalue weighted by Gasteiger charge is 2.09. The highest BCUT2D eigenvalue weighted by molar-refractivity contribution is 5.69. The minimum absolute atomic E-state index is 0.620. The van der Waals surface area contributed by atoms with Gasteiger partial charge >= 0.3 is 0 Å². The molecule has 3 nitrogen and oxygen atoms in total. The van der Waals surface area contributed by atoms with Crippen LogP contribution in [0.2, 0.25) is 0 Å². The van der Waals surface area contributed by atoms with Crippen LogP contribution in [0.3, 0.4) is 0 Å². The highest BCUT2D eigenvalue weighted by Crippen LogP contribution is 2.26. The summed E-state index contributed by atoms with van der Waals surface area (Å²) in [6.07, 6.45) is 16.8. The number of anilines is 1. The van der Waals surface area contributed by atoms with Crippen molar-refractivity contribution in [1.29, 1.82) is 0 Å². The standard InChI is InChI=1S/C28H39N3/c1-2-3-4-5-6-7-8-9-10-11-15-22-31-27(23-30-28(31)29)26-20-18-25(19-21-26)24-16-13-12-14-17-24/h12-14,16-21,23H,2-11,15,22H2,1H3,(H2,29,30). The van der Waals surface area contributed by atoms with E-state index in [2.05, 4.69) is 65.0 Å². The van der Waals surface area contributed by atoms with Gasteiger partial charge in [-0.3, -0.25) is 0 Å². The third-order valence-corrected chi connectivity index (χ3v) is 6.16. The average molecular weight is 418 g/mol. The molecule has 2 N–H and O–H groups in total. The molecular formula is C28H39N3. The molecule has 3 heteroatoms. The number of imidazole rings is 1. The van der Waals surface area contributed by atoms with Crippen molar-refractivity contribution < 1.29 is 0 Å². The molecule has 0 fully saturated rings. The SMILES string of the molecule is CCCCCCCCCCCCCn1c(-c2ccc(-c3ccccc3)cc2)cnc1N. The summed E-state index contributed by atoms with van der Waals surface area (Å²) in [6.45, 7) is 3.22. The lowest BCUT2D eigenvalue weighted by Gasteiger charge is -2.11. The van der Waals surface area contributed by atoms with Crippen molar-refractivity contribution in [3.8, 4) is 22.4 Å².